The molecule has 8 heteroatoms. The minimum atomic E-state index is -0.0537. The minimum Gasteiger partial charge on any atom is -0.247 e. The molecule has 4 aromatic heterocycles. The maximum Gasteiger partial charge on any atom is 0.164 e. The highest BCUT2D eigenvalue weighted by molar-refractivity contribution is 6.20. The van der Waals surface area contributed by atoms with E-state index in [2.05, 4.69) is 372 Å². The number of aromatic nitrogens is 8. The number of benzene rings is 18. The lowest BCUT2D eigenvalue weighted by Crippen LogP contribution is -2.14. The zero-order valence-electron chi connectivity index (χ0n) is 65.2. The van der Waals surface area contributed by atoms with Crippen molar-refractivity contribution in [2.45, 2.75) is 19.3 Å². The second-order valence-corrected chi connectivity index (χ2v) is 31.2. The first-order chi connectivity index (χ1) is 58.7. The van der Waals surface area contributed by atoms with Crippen LogP contribution in [0.1, 0.15) is 25.0 Å². The lowest BCUT2D eigenvalue weighted by Gasteiger charge is -2.22. The van der Waals surface area contributed by atoms with Gasteiger partial charge in [0.25, 0.3) is 0 Å². The number of nitrogens with zero attached hydrogens (tertiary/aromatic N) is 8. The Morgan fingerprint density at radius 2 is 0.479 bits per heavy atom. The number of fused-ring (bicyclic) bond motifs is 15. The fourth-order valence-electron chi connectivity index (χ4n) is 18.0. The predicted molar refractivity (Wildman–Crippen MR) is 493 cm³/mol. The van der Waals surface area contributed by atoms with Gasteiger partial charge < -0.3 is 0 Å². The molecule has 22 aromatic rings. The van der Waals surface area contributed by atoms with Crippen LogP contribution in [0.3, 0.4) is 0 Å². The van der Waals surface area contributed by atoms with E-state index in [9.17, 15) is 0 Å². The van der Waals surface area contributed by atoms with Gasteiger partial charge in [-0.2, -0.15) is 0 Å². The summed E-state index contributed by atoms with van der Waals surface area (Å²) in [6.45, 7) is 4.65. The third-order valence-corrected chi connectivity index (χ3v) is 23.8. The van der Waals surface area contributed by atoms with Gasteiger partial charge in [-0.05, 0) is 129 Å². The van der Waals surface area contributed by atoms with Crippen LogP contribution < -0.4 is 0 Å². The number of rotatable bonds is 11. The molecule has 0 spiro atoms. The van der Waals surface area contributed by atoms with Gasteiger partial charge in [-0.15, -0.1) is 0 Å². The molecular weight excluding hydrogens is 1450 g/mol. The third kappa shape index (κ3) is 12.4. The van der Waals surface area contributed by atoms with Crippen molar-refractivity contribution in [1.82, 2.24) is 39.9 Å². The Bertz CT molecular complexity index is 7650. The molecule has 556 valence electrons. The number of hydrogen-bond acceptors (Lipinski definition) is 8. The molecule has 0 N–H and O–H groups in total. The smallest absolute Gasteiger partial charge is 0.164 e. The van der Waals surface area contributed by atoms with E-state index in [1.165, 1.54) is 60.1 Å². The Balaban J connectivity index is 0.000000143. The number of pyridine rings is 2. The van der Waals surface area contributed by atoms with Crippen LogP contribution in [0.2, 0.25) is 0 Å². The molecule has 18 aromatic carbocycles. The highest BCUT2D eigenvalue weighted by atomic mass is 15.0. The van der Waals surface area contributed by atoms with Gasteiger partial charge in [-0.1, -0.05) is 384 Å². The van der Waals surface area contributed by atoms with Crippen molar-refractivity contribution in [2.75, 3.05) is 0 Å². The molecule has 0 fully saturated rings. The highest BCUT2D eigenvalue weighted by Crippen LogP contribution is 2.51. The average molecular weight is 1520 g/mol. The molecule has 1 aliphatic rings. The molecule has 0 atom stereocenters. The van der Waals surface area contributed by atoms with Gasteiger partial charge in [-0.3, -0.25) is 0 Å². The van der Waals surface area contributed by atoms with Gasteiger partial charge in [-0.25, -0.2) is 39.9 Å². The summed E-state index contributed by atoms with van der Waals surface area (Å²) in [7, 11) is 0. The van der Waals surface area contributed by atoms with Crippen molar-refractivity contribution < 1.29 is 0 Å². The lowest BCUT2D eigenvalue weighted by molar-refractivity contribution is 0.660. The molecule has 4 heterocycles. The summed E-state index contributed by atoms with van der Waals surface area (Å²) in [6.07, 6.45) is 0. The standard InChI is InChI=1S/C56H34N4.C55H38N4/c1-2-15-36(16-3-1)53-48-27-14-26-42(52(48)47-25-12-13-28-51(47)57-53)35-29-31-37(32-30-35)54-58-55(49-33-38-17-4-6-19-40(38)43-21-8-10-23-45(43)49)60-56(59-54)50-34-39-18-5-7-20-41(39)44-22-9-11-24-46(44)50;1-55(2)47-22-11-9-18-43(47)44-33-32-41(34-48(44)55)35-24-28-39(29-25-35)53-57-52(38-16-7-4-8-17-38)58-54(59-53)40-30-26-36(27-31-40)42-20-13-21-46-50(42)45-19-10-12-23-49(45)56-51(46)37-14-5-3-6-15-37/h1-34H;3-34H,1-2H3. The second kappa shape index (κ2) is 29.0. The molecule has 0 bridgehead atoms. The maximum atomic E-state index is 5.35. The molecular formula is C111H72N8. The molecule has 8 nitrogen and oxygen atoms in total. The fraction of sp³-hybridized carbons (Fsp3) is 0.0270. The third-order valence-electron chi connectivity index (χ3n) is 23.8. The summed E-state index contributed by atoms with van der Waals surface area (Å²) in [5, 5.41) is 16.1. The summed E-state index contributed by atoms with van der Waals surface area (Å²) in [6, 6.07) is 141. The quantitative estimate of drug-likeness (QED) is 0.118. The predicted octanol–water partition coefficient (Wildman–Crippen LogP) is 28.4. The molecule has 23 rings (SSSR count). The van der Waals surface area contributed by atoms with Crippen molar-refractivity contribution in [3.05, 3.63) is 412 Å². The minimum absolute atomic E-state index is 0.0537. The molecule has 0 saturated heterocycles. The summed E-state index contributed by atoms with van der Waals surface area (Å²) >= 11 is 0. The first kappa shape index (κ1) is 70.0. The van der Waals surface area contributed by atoms with Crippen molar-refractivity contribution in [3.63, 3.8) is 0 Å². The first-order valence-electron chi connectivity index (χ1n) is 40.4. The fourth-order valence-corrected chi connectivity index (χ4v) is 18.0. The van der Waals surface area contributed by atoms with Crippen LogP contribution in [0.5, 0.6) is 0 Å². The van der Waals surface area contributed by atoms with Crippen LogP contribution in [0.25, 0.3) is 222 Å². The molecule has 0 amide bonds. The molecule has 0 unspecified atom stereocenters. The van der Waals surface area contributed by atoms with Crippen molar-refractivity contribution in [3.8, 4) is 135 Å². The Morgan fingerprint density at radius 1 is 0.168 bits per heavy atom. The molecule has 0 radical (unpaired) electrons. The van der Waals surface area contributed by atoms with E-state index in [0.717, 1.165) is 138 Å². The average Bonchev–Trinajstić information content (AvgIpc) is 1.58. The molecule has 0 saturated carbocycles. The van der Waals surface area contributed by atoms with Crippen LogP contribution in [0.4, 0.5) is 0 Å². The summed E-state index contributed by atoms with van der Waals surface area (Å²) < 4.78 is 0. The van der Waals surface area contributed by atoms with E-state index >= 15 is 0 Å². The monoisotopic (exact) mass is 1520 g/mol. The summed E-state index contributed by atoms with van der Waals surface area (Å²) in [5.41, 5.74) is 24.0. The van der Waals surface area contributed by atoms with E-state index in [1.807, 2.05) is 42.5 Å². The SMILES string of the molecule is CC1(C)c2ccccc2-c2ccc(-c3ccc(-c4nc(-c5ccccc5)nc(-c5ccc(-c6cccc7c(-c8ccccc8)nc8ccccc8c67)cc5)n4)cc3)cc21.c1ccc(-c2nc3ccccc3c3c(-c4ccc(-c5nc(-c6cc7ccccc7c7ccccc67)nc(-c6cc7ccccc7c7ccccc67)n5)cc4)cccc23)cc1. The van der Waals surface area contributed by atoms with Gasteiger partial charge in [0.1, 0.15) is 0 Å². The highest BCUT2D eigenvalue weighted by Gasteiger charge is 2.35. The topological polar surface area (TPSA) is 103 Å². The zero-order valence-corrected chi connectivity index (χ0v) is 65.2. The van der Waals surface area contributed by atoms with Crippen molar-refractivity contribution in [2.24, 2.45) is 0 Å². The molecule has 0 aliphatic heterocycles. The van der Waals surface area contributed by atoms with E-state index in [0.29, 0.717) is 34.9 Å². The van der Waals surface area contributed by atoms with Crippen molar-refractivity contribution >= 4 is 86.4 Å². The van der Waals surface area contributed by atoms with Gasteiger partial charge in [0.15, 0.2) is 34.9 Å². The Kier molecular flexibility index (Phi) is 17.1. The van der Waals surface area contributed by atoms with Crippen LogP contribution >= 0.6 is 0 Å². The van der Waals surface area contributed by atoms with Crippen LogP contribution in [0.15, 0.2) is 400 Å². The Hall–Kier alpha value is -15.6. The van der Waals surface area contributed by atoms with E-state index in [-0.39, 0.29) is 5.41 Å². The summed E-state index contributed by atoms with van der Waals surface area (Å²) in [4.78, 5) is 41.4. The van der Waals surface area contributed by atoms with Gasteiger partial charge in [0, 0.05) is 82.2 Å². The van der Waals surface area contributed by atoms with E-state index in [1.54, 1.807) is 0 Å². The number of para-hydroxylation sites is 2. The van der Waals surface area contributed by atoms with Crippen LogP contribution in [0, 0.1) is 0 Å². The van der Waals surface area contributed by atoms with Crippen molar-refractivity contribution in [1.29, 1.82) is 0 Å². The normalized spacial score (nSPS) is 12.2. The van der Waals surface area contributed by atoms with E-state index < -0.39 is 0 Å². The first-order valence-corrected chi connectivity index (χ1v) is 40.4. The van der Waals surface area contributed by atoms with Crippen LogP contribution in [-0.4, -0.2) is 39.9 Å². The Morgan fingerprint density at radius 3 is 0.941 bits per heavy atom. The van der Waals surface area contributed by atoms with Gasteiger partial charge in [0.2, 0.25) is 0 Å². The Labute approximate surface area is 687 Å². The largest absolute Gasteiger partial charge is 0.247 e. The van der Waals surface area contributed by atoms with Gasteiger partial charge >= 0.3 is 0 Å². The maximum absolute atomic E-state index is 5.35. The molecule has 1 aliphatic carbocycles. The molecule has 119 heavy (non-hydrogen) atoms. The summed E-state index contributed by atoms with van der Waals surface area (Å²) in [5.74, 6) is 3.80. The zero-order chi connectivity index (χ0) is 79.1. The van der Waals surface area contributed by atoms with Gasteiger partial charge in [0.05, 0.1) is 22.4 Å². The number of hydrogen-bond donors (Lipinski definition) is 0. The lowest BCUT2D eigenvalue weighted by atomic mass is 9.81. The second-order valence-electron chi connectivity index (χ2n) is 31.2. The van der Waals surface area contributed by atoms with E-state index in [4.69, 9.17) is 39.9 Å². The van der Waals surface area contributed by atoms with Crippen LogP contribution in [-0.2, 0) is 5.41 Å².